The molecule has 0 saturated carbocycles. The van der Waals surface area contributed by atoms with Gasteiger partial charge >= 0.3 is 0 Å². The minimum Gasteiger partial charge on any atom is -0.450 e. The Hall–Kier alpha value is -3.30. The second-order valence-electron chi connectivity index (χ2n) is 6.89. The van der Waals surface area contributed by atoms with Crippen LogP contribution in [-0.2, 0) is 9.59 Å². The first-order valence-electron chi connectivity index (χ1n) is 9.52. The molecule has 1 fully saturated rings. The molecule has 3 aromatic rings. The van der Waals surface area contributed by atoms with Gasteiger partial charge in [-0.1, -0.05) is 29.5 Å². The van der Waals surface area contributed by atoms with Crippen molar-refractivity contribution in [2.45, 2.75) is 16.9 Å². The monoisotopic (exact) mass is 468 g/mol. The van der Waals surface area contributed by atoms with Crippen molar-refractivity contribution in [3.05, 3.63) is 82.7 Å². The highest BCUT2D eigenvalue weighted by Crippen LogP contribution is 2.34. The lowest BCUT2D eigenvalue weighted by Crippen LogP contribution is -2.36. The number of rotatable bonds is 6. The standard InChI is InChI=1S/C23H17FN2O4S2/c1-14-2-9-18(10-3-14)31-21-11-8-17(30-21)12-19-22(28)26(23(29)32-19)13-20(27)25-16-6-4-15(24)5-7-16/h2-12H,13H2,1H3,(H,25,27)/b19-12-. The van der Waals surface area contributed by atoms with Gasteiger partial charge in [0.25, 0.3) is 11.1 Å². The van der Waals surface area contributed by atoms with Gasteiger partial charge in [-0.25, -0.2) is 4.39 Å². The van der Waals surface area contributed by atoms with Crippen molar-refractivity contribution in [3.8, 4) is 0 Å². The van der Waals surface area contributed by atoms with Crippen LogP contribution in [0.4, 0.5) is 14.9 Å². The topological polar surface area (TPSA) is 79.6 Å². The van der Waals surface area contributed by atoms with Crippen molar-refractivity contribution in [3.63, 3.8) is 0 Å². The van der Waals surface area contributed by atoms with E-state index in [4.69, 9.17) is 4.42 Å². The Balaban J connectivity index is 1.39. The molecule has 6 nitrogen and oxygen atoms in total. The normalized spacial score (nSPS) is 14.9. The number of thioether (sulfide) groups is 1. The van der Waals surface area contributed by atoms with Gasteiger partial charge in [0.1, 0.15) is 18.1 Å². The van der Waals surface area contributed by atoms with Gasteiger partial charge in [-0.05, 0) is 67.2 Å². The summed E-state index contributed by atoms with van der Waals surface area (Å²) in [6, 6.07) is 16.7. The zero-order valence-electron chi connectivity index (χ0n) is 16.8. The fourth-order valence-electron chi connectivity index (χ4n) is 2.83. The van der Waals surface area contributed by atoms with E-state index in [1.54, 1.807) is 12.1 Å². The second-order valence-corrected chi connectivity index (χ2v) is 8.97. The largest absolute Gasteiger partial charge is 0.450 e. The number of imide groups is 1. The molecule has 1 aliphatic rings. The van der Waals surface area contributed by atoms with Gasteiger partial charge in [0, 0.05) is 16.7 Å². The van der Waals surface area contributed by atoms with E-state index in [-0.39, 0.29) is 4.91 Å². The lowest BCUT2D eigenvalue weighted by atomic mass is 10.2. The number of halogens is 1. The van der Waals surface area contributed by atoms with Crippen molar-refractivity contribution < 1.29 is 23.2 Å². The van der Waals surface area contributed by atoms with Crippen molar-refractivity contribution in [1.29, 1.82) is 0 Å². The Morgan fingerprint density at radius 2 is 1.81 bits per heavy atom. The Labute approximate surface area is 191 Å². The summed E-state index contributed by atoms with van der Waals surface area (Å²) in [4.78, 5) is 39.1. The van der Waals surface area contributed by atoms with E-state index in [2.05, 4.69) is 5.32 Å². The molecule has 0 aliphatic carbocycles. The number of carbonyl (C=O) groups excluding carboxylic acids is 3. The molecule has 162 valence electrons. The number of nitrogens with one attached hydrogen (secondary N) is 1. The van der Waals surface area contributed by atoms with Gasteiger partial charge in [0.2, 0.25) is 5.91 Å². The molecule has 2 aromatic carbocycles. The molecule has 1 N–H and O–H groups in total. The predicted molar refractivity (Wildman–Crippen MR) is 122 cm³/mol. The Kier molecular flexibility index (Phi) is 6.48. The van der Waals surface area contributed by atoms with Crippen LogP contribution >= 0.6 is 23.5 Å². The van der Waals surface area contributed by atoms with Crippen LogP contribution < -0.4 is 5.32 Å². The fraction of sp³-hybridized carbons (Fsp3) is 0.0870. The number of hydrogen-bond acceptors (Lipinski definition) is 6. The van der Waals surface area contributed by atoms with Crippen LogP contribution in [0.2, 0.25) is 0 Å². The minimum atomic E-state index is -0.571. The van der Waals surface area contributed by atoms with Gasteiger partial charge in [0.15, 0.2) is 5.09 Å². The third kappa shape index (κ3) is 5.30. The fourth-order valence-corrected chi connectivity index (χ4v) is 4.43. The van der Waals surface area contributed by atoms with E-state index in [9.17, 15) is 18.8 Å². The molecule has 4 rings (SSSR count). The molecule has 1 saturated heterocycles. The summed E-state index contributed by atoms with van der Waals surface area (Å²) in [6.45, 7) is 1.57. The molecule has 0 radical (unpaired) electrons. The van der Waals surface area contributed by atoms with Gasteiger partial charge < -0.3 is 9.73 Å². The van der Waals surface area contributed by atoms with Gasteiger partial charge in [-0.3, -0.25) is 19.3 Å². The molecule has 0 unspecified atom stereocenters. The zero-order valence-corrected chi connectivity index (χ0v) is 18.5. The highest BCUT2D eigenvalue weighted by molar-refractivity contribution is 8.18. The van der Waals surface area contributed by atoms with Crippen LogP contribution in [0.5, 0.6) is 0 Å². The molecule has 2 heterocycles. The maximum Gasteiger partial charge on any atom is 0.294 e. The lowest BCUT2D eigenvalue weighted by Gasteiger charge is -2.12. The Morgan fingerprint density at radius 1 is 1.09 bits per heavy atom. The van der Waals surface area contributed by atoms with Crippen LogP contribution in [0.25, 0.3) is 6.08 Å². The highest BCUT2D eigenvalue weighted by Gasteiger charge is 2.36. The van der Waals surface area contributed by atoms with Crippen molar-refractivity contribution in [2.24, 2.45) is 0 Å². The third-order valence-corrected chi connectivity index (χ3v) is 6.25. The first-order valence-corrected chi connectivity index (χ1v) is 11.2. The summed E-state index contributed by atoms with van der Waals surface area (Å²) in [7, 11) is 0. The molecule has 9 heteroatoms. The minimum absolute atomic E-state index is 0.172. The molecular weight excluding hydrogens is 451 g/mol. The molecule has 3 amide bonds. The van der Waals surface area contributed by atoms with E-state index in [1.165, 1.54) is 42.1 Å². The first-order chi connectivity index (χ1) is 15.4. The van der Waals surface area contributed by atoms with E-state index < -0.39 is 29.4 Å². The number of nitrogens with zero attached hydrogens (tertiary/aromatic N) is 1. The van der Waals surface area contributed by atoms with Crippen LogP contribution in [0, 0.1) is 12.7 Å². The van der Waals surface area contributed by atoms with Gasteiger partial charge in [-0.15, -0.1) is 0 Å². The quantitative estimate of drug-likeness (QED) is 0.478. The van der Waals surface area contributed by atoms with E-state index in [0.717, 1.165) is 27.1 Å². The number of benzene rings is 2. The van der Waals surface area contributed by atoms with Crippen molar-refractivity contribution in [1.82, 2.24) is 4.90 Å². The van der Waals surface area contributed by atoms with Crippen LogP contribution in [0.15, 0.2) is 80.0 Å². The molecule has 0 spiro atoms. The van der Waals surface area contributed by atoms with Crippen LogP contribution in [0.3, 0.4) is 0 Å². The number of amides is 3. The summed E-state index contributed by atoms with van der Waals surface area (Å²) in [6.07, 6.45) is 1.49. The lowest BCUT2D eigenvalue weighted by molar-refractivity contribution is -0.127. The van der Waals surface area contributed by atoms with Crippen molar-refractivity contribution >= 4 is 52.3 Å². The van der Waals surface area contributed by atoms with Crippen LogP contribution in [0.1, 0.15) is 11.3 Å². The molecule has 1 aliphatic heterocycles. The number of carbonyl (C=O) groups is 3. The molecule has 0 bridgehead atoms. The van der Waals surface area contributed by atoms with Crippen LogP contribution in [-0.4, -0.2) is 28.5 Å². The summed E-state index contributed by atoms with van der Waals surface area (Å²) in [5.74, 6) is -1.13. The number of hydrogen-bond donors (Lipinski definition) is 1. The Morgan fingerprint density at radius 3 is 2.53 bits per heavy atom. The molecular formula is C23H17FN2O4S2. The Bertz CT molecular complexity index is 1200. The summed E-state index contributed by atoms with van der Waals surface area (Å²) >= 11 is 2.19. The number of anilines is 1. The maximum atomic E-state index is 13.0. The second kappa shape index (κ2) is 9.46. The summed E-state index contributed by atoms with van der Waals surface area (Å²) < 4.78 is 18.7. The van der Waals surface area contributed by atoms with E-state index >= 15 is 0 Å². The SMILES string of the molecule is Cc1ccc(Sc2ccc(/C=C3\SC(=O)N(CC(=O)Nc4ccc(F)cc4)C3=O)o2)cc1. The smallest absolute Gasteiger partial charge is 0.294 e. The predicted octanol–water partition coefficient (Wildman–Crippen LogP) is 5.55. The van der Waals surface area contributed by atoms with E-state index in [1.807, 2.05) is 31.2 Å². The molecule has 1 aromatic heterocycles. The first kappa shape index (κ1) is 21.9. The summed E-state index contributed by atoms with van der Waals surface area (Å²) in [5.41, 5.74) is 1.53. The molecule has 0 atom stereocenters. The van der Waals surface area contributed by atoms with Crippen molar-refractivity contribution in [2.75, 3.05) is 11.9 Å². The number of furan rings is 1. The summed E-state index contributed by atoms with van der Waals surface area (Å²) in [5, 5.41) is 2.64. The maximum absolute atomic E-state index is 13.0. The molecule has 32 heavy (non-hydrogen) atoms. The van der Waals surface area contributed by atoms with Gasteiger partial charge in [0.05, 0.1) is 4.91 Å². The van der Waals surface area contributed by atoms with E-state index in [0.29, 0.717) is 16.5 Å². The number of aryl methyl sites for hydroxylation is 1. The average molecular weight is 469 g/mol. The third-order valence-electron chi connectivity index (χ3n) is 4.42. The highest BCUT2D eigenvalue weighted by atomic mass is 32.2. The average Bonchev–Trinajstić information content (AvgIpc) is 3.31. The van der Waals surface area contributed by atoms with Gasteiger partial charge in [-0.2, -0.15) is 0 Å². The zero-order chi connectivity index (χ0) is 22.7.